The average Bonchev–Trinajstić information content (AvgIpc) is 2.41. The molecule has 2 rings (SSSR count). The van der Waals surface area contributed by atoms with E-state index in [0.717, 1.165) is 11.3 Å². The van der Waals surface area contributed by atoms with Gasteiger partial charge in [-0.3, -0.25) is 4.99 Å². The fourth-order valence-electron chi connectivity index (χ4n) is 1.80. The van der Waals surface area contributed by atoms with Crippen LogP contribution in [0.2, 0.25) is 0 Å². The minimum Gasteiger partial charge on any atom is -0.496 e. The predicted octanol–water partition coefficient (Wildman–Crippen LogP) is 3.62. The van der Waals surface area contributed by atoms with E-state index in [0.29, 0.717) is 6.54 Å². The van der Waals surface area contributed by atoms with Gasteiger partial charge in [0.2, 0.25) is 0 Å². The molecule has 0 aliphatic heterocycles. The summed E-state index contributed by atoms with van der Waals surface area (Å²) in [5.74, 6) is 0.853. The average molecular weight is 239 g/mol. The summed E-state index contributed by atoms with van der Waals surface area (Å²) in [5.41, 5.74) is 3.53. The van der Waals surface area contributed by atoms with Crippen molar-refractivity contribution in [2.75, 3.05) is 7.11 Å². The molecule has 0 bridgehead atoms. The van der Waals surface area contributed by atoms with Gasteiger partial charge in [-0.2, -0.15) is 0 Å². The number of aryl methyl sites for hydroxylation is 1. The van der Waals surface area contributed by atoms with Crippen molar-refractivity contribution in [3.63, 3.8) is 0 Å². The van der Waals surface area contributed by atoms with Crippen LogP contribution in [0.15, 0.2) is 53.5 Å². The number of hydrogen-bond donors (Lipinski definition) is 0. The largest absolute Gasteiger partial charge is 0.496 e. The summed E-state index contributed by atoms with van der Waals surface area (Å²) < 4.78 is 5.28. The summed E-state index contributed by atoms with van der Waals surface area (Å²) in [6.07, 6.45) is 1.87. The summed E-state index contributed by atoms with van der Waals surface area (Å²) >= 11 is 0. The molecule has 0 heterocycles. The monoisotopic (exact) mass is 239 g/mol. The molecule has 0 N–H and O–H groups in total. The van der Waals surface area contributed by atoms with Crippen LogP contribution in [-0.2, 0) is 6.54 Å². The van der Waals surface area contributed by atoms with Gasteiger partial charge in [0, 0.05) is 11.8 Å². The molecule has 0 unspecified atom stereocenters. The van der Waals surface area contributed by atoms with Crippen LogP contribution < -0.4 is 4.74 Å². The lowest BCUT2D eigenvalue weighted by molar-refractivity contribution is 0.414. The van der Waals surface area contributed by atoms with E-state index in [1.807, 2.05) is 42.6 Å². The standard InChI is InChI=1S/C16H17NO/c1-13-7-3-4-8-14(13)11-17-12-15-9-5-6-10-16(15)18-2/h3-10,12H,11H2,1-2H3/b17-12+. The van der Waals surface area contributed by atoms with Gasteiger partial charge in [0.1, 0.15) is 5.75 Å². The van der Waals surface area contributed by atoms with E-state index in [4.69, 9.17) is 4.74 Å². The number of para-hydroxylation sites is 1. The number of methoxy groups -OCH3 is 1. The van der Waals surface area contributed by atoms with Gasteiger partial charge in [0.25, 0.3) is 0 Å². The Labute approximate surface area is 108 Å². The second-order valence-electron chi connectivity index (χ2n) is 4.14. The van der Waals surface area contributed by atoms with Crippen molar-refractivity contribution in [1.29, 1.82) is 0 Å². The number of aliphatic imine (C=N–C) groups is 1. The number of hydrogen-bond acceptors (Lipinski definition) is 2. The quantitative estimate of drug-likeness (QED) is 0.747. The third-order valence-electron chi connectivity index (χ3n) is 2.89. The van der Waals surface area contributed by atoms with Crippen molar-refractivity contribution in [1.82, 2.24) is 0 Å². The Kier molecular flexibility index (Phi) is 4.13. The van der Waals surface area contributed by atoms with Crippen LogP contribution in [0.3, 0.4) is 0 Å². The highest BCUT2D eigenvalue weighted by Crippen LogP contribution is 2.15. The molecule has 92 valence electrons. The molecule has 2 nitrogen and oxygen atoms in total. The van der Waals surface area contributed by atoms with Gasteiger partial charge in [0.05, 0.1) is 13.7 Å². The van der Waals surface area contributed by atoms with Crippen molar-refractivity contribution in [3.8, 4) is 5.75 Å². The van der Waals surface area contributed by atoms with Crippen molar-refractivity contribution in [3.05, 3.63) is 65.2 Å². The van der Waals surface area contributed by atoms with Crippen molar-refractivity contribution >= 4 is 6.21 Å². The fourth-order valence-corrected chi connectivity index (χ4v) is 1.80. The van der Waals surface area contributed by atoms with Gasteiger partial charge in [-0.1, -0.05) is 36.4 Å². The predicted molar refractivity (Wildman–Crippen MR) is 75.5 cm³/mol. The molecule has 0 aromatic heterocycles. The molecule has 0 aliphatic carbocycles. The maximum atomic E-state index is 5.28. The maximum Gasteiger partial charge on any atom is 0.127 e. The van der Waals surface area contributed by atoms with Gasteiger partial charge in [-0.25, -0.2) is 0 Å². The molecule has 0 amide bonds. The smallest absolute Gasteiger partial charge is 0.127 e. The second kappa shape index (κ2) is 6.01. The van der Waals surface area contributed by atoms with Gasteiger partial charge < -0.3 is 4.74 Å². The summed E-state index contributed by atoms with van der Waals surface area (Å²) in [4.78, 5) is 4.48. The Morgan fingerprint density at radius 2 is 1.78 bits per heavy atom. The van der Waals surface area contributed by atoms with Crippen LogP contribution >= 0.6 is 0 Å². The molecular weight excluding hydrogens is 222 g/mol. The van der Waals surface area contributed by atoms with E-state index in [1.165, 1.54) is 11.1 Å². The van der Waals surface area contributed by atoms with Gasteiger partial charge in [-0.05, 0) is 30.2 Å². The zero-order chi connectivity index (χ0) is 12.8. The topological polar surface area (TPSA) is 21.6 Å². The van der Waals surface area contributed by atoms with Crippen LogP contribution in [0.1, 0.15) is 16.7 Å². The highest BCUT2D eigenvalue weighted by Gasteiger charge is 1.98. The van der Waals surface area contributed by atoms with Crippen molar-refractivity contribution < 1.29 is 4.74 Å². The van der Waals surface area contributed by atoms with Gasteiger partial charge in [0.15, 0.2) is 0 Å². The SMILES string of the molecule is COc1ccccc1/C=N/Cc1ccccc1C. The Hall–Kier alpha value is -2.09. The van der Waals surface area contributed by atoms with Crippen LogP contribution in [0.25, 0.3) is 0 Å². The summed E-state index contributed by atoms with van der Waals surface area (Å²) in [5, 5.41) is 0. The lowest BCUT2D eigenvalue weighted by Gasteiger charge is -2.04. The van der Waals surface area contributed by atoms with E-state index >= 15 is 0 Å². The second-order valence-corrected chi connectivity index (χ2v) is 4.14. The normalized spacial score (nSPS) is 10.8. The number of ether oxygens (including phenoxy) is 1. The number of rotatable bonds is 4. The molecule has 2 aromatic rings. The zero-order valence-electron chi connectivity index (χ0n) is 10.8. The lowest BCUT2D eigenvalue weighted by atomic mass is 10.1. The highest BCUT2D eigenvalue weighted by molar-refractivity contribution is 5.83. The molecule has 0 saturated carbocycles. The zero-order valence-corrected chi connectivity index (χ0v) is 10.8. The first kappa shape index (κ1) is 12.4. The molecule has 2 heteroatoms. The first-order valence-corrected chi connectivity index (χ1v) is 5.98. The van der Waals surface area contributed by atoms with Gasteiger partial charge >= 0.3 is 0 Å². The van der Waals surface area contributed by atoms with Crippen molar-refractivity contribution in [2.24, 2.45) is 4.99 Å². The van der Waals surface area contributed by atoms with Crippen LogP contribution in [0.5, 0.6) is 5.75 Å². The van der Waals surface area contributed by atoms with E-state index < -0.39 is 0 Å². The summed E-state index contributed by atoms with van der Waals surface area (Å²) in [6, 6.07) is 16.2. The Balaban J connectivity index is 2.10. The Morgan fingerprint density at radius 3 is 2.56 bits per heavy atom. The molecule has 0 spiro atoms. The Morgan fingerprint density at radius 1 is 1.06 bits per heavy atom. The molecule has 2 aromatic carbocycles. The minimum atomic E-state index is 0.699. The molecule has 0 aliphatic rings. The van der Waals surface area contributed by atoms with Crippen molar-refractivity contribution in [2.45, 2.75) is 13.5 Å². The first-order valence-electron chi connectivity index (χ1n) is 5.98. The lowest BCUT2D eigenvalue weighted by Crippen LogP contribution is -1.91. The van der Waals surface area contributed by atoms with E-state index in [9.17, 15) is 0 Å². The van der Waals surface area contributed by atoms with E-state index in [2.05, 4.69) is 24.0 Å². The minimum absolute atomic E-state index is 0.699. The van der Waals surface area contributed by atoms with E-state index in [-0.39, 0.29) is 0 Å². The maximum absolute atomic E-state index is 5.28. The Bertz CT molecular complexity index is 546. The third kappa shape index (κ3) is 2.98. The highest BCUT2D eigenvalue weighted by atomic mass is 16.5. The summed E-state index contributed by atoms with van der Waals surface area (Å²) in [7, 11) is 1.67. The molecule has 0 atom stereocenters. The van der Waals surface area contributed by atoms with Crippen LogP contribution in [0, 0.1) is 6.92 Å². The molecule has 0 fully saturated rings. The third-order valence-corrected chi connectivity index (χ3v) is 2.89. The number of benzene rings is 2. The molecule has 0 saturated heterocycles. The van der Waals surface area contributed by atoms with E-state index in [1.54, 1.807) is 7.11 Å². The summed E-state index contributed by atoms with van der Waals surface area (Å²) in [6.45, 7) is 2.80. The van der Waals surface area contributed by atoms with Gasteiger partial charge in [-0.15, -0.1) is 0 Å². The molecule has 18 heavy (non-hydrogen) atoms. The molecule has 0 radical (unpaired) electrons. The molecular formula is C16H17NO. The first-order chi connectivity index (χ1) is 8.81. The number of nitrogens with zero attached hydrogens (tertiary/aromatic N) is 1. The fraction of sp³-hybridized carbons (Fsp3) is 0.188. The van der Waals surface area contributed by atoms with Crippen LogP contribution in [-0.4, -0.2) is 13.3 Å². The van der Waals surface area contributed by atoms with Crippen LogP contribution in [0.4, 0.5) is 0 Å².